The van der Waals surface area contributed by atoms with Gasteiger partial charge in [-0.2, -0.15) is 5.26 Å². The Labute approximate surface area is 157 Å². The molecule has 0 spiro atoms. The molecule has 2 heterocycles. The number of aryl methyl sites for hydroxylation is 1. The van der Waals surface area contributed by atoms with E-state index in [1.807, 2.05) is 6.07 Å². The van der Waals surface area contributed by atoms with Crippen molar-refractivity contribution in [2.24, 2.45) is 0 Å². The van der Waals surface area contributed by atoms with Gasteiger partial charge in [0.2, 0.25) is 0 Å². The van der Waals surface area contributed by atoms with Crippen molar-refractivity contribution in [3.05, 3.63) is 45.9 Å². The van der Waals surface area contributed by atoms with Crippen LogP contribution < -0.4 is 15.0 Å². The Morgan fingerprint density at radius 3 is 2.78 bits per heavy atom. The summed E-state index contributed by atoms with van der Waals surface area (Å²) >= 11 is 0. The lowest BCUT2D eigenvalue weighted by Gasteiger charge is -2.23. The van der Waals surface area contributed by atoms with Crippen LogP contribution in [0.2, 0.25) is 0 Å². The number of nitrogens with one attached hydrogen (secondary N) is 1. The summed E-state index contributed by atoms with van der Waals surface area (Å²) in [7, 11) is 1.55. The van der Waals surface area contributed by atoms with Crippen molar-refractivity contribution in [2.75, 3.05) is 26.9 Å². The van der Waals surface area contributed by atoms with E-state index in [1.54, 1.807) is 38.3 Å². The van der Waals surface area contributed by atoms with Crippen LogP contribution in [0.3, 0.4) is 0 Å². The Morgan fingerprint density at radius 1 is 1.30 bits per heavy atom. The summed E-state index contributed by atoms with van der Waals surface area (Å²) < 4.78 is 22.5. The summed E-state index contributed by atoms with van der Waals surface area (Å²) in [5.74, 6) is 1.01. The first-order valence-electron chi connectivity index (χ1n) is 8.81. The number of aromatic nitrogens is 1. The molecule has 1 N–H and O–H groups in total. The molecule has 7 nitrogen and oxygen atoms in total. The van der Waals surface area contributed by atoms with Gasteiger partial charge in [-0.05, 0) is 25.5 Å². The molecule has 1 aromatic carbocycles. The molecule has 142 valence electrons. The van der Waals surface area contributed by atoms with Gasteiger partial charge in [-0.15, -0.1) is 0 Å². The summed E-state index contributed by atoms with van der Waals surface area (Å²) in [6.07, 6.45) is 1.18. The molecule has 0 radical (unpaired) electrons. The first kappa shape index (κ1) is 19.0. The lowest BCUT2D eigenvalue weighted by molar-refractivity contribution is -0.183. The molecule has 0 aliphatic carbocycles. The van der Waals surface area contributed by atoms with Crippen LogP contribution >= 0.6 is 0 Å². The predicted molar refractivity (Wildman–Crippen MR) is 98.9 cm³/mol. The molecule has 1 aliphatic heterocycles. The SMILES string of the molecule is COc1cccc(-c2cc(C)[nH]c(=O)c2C#N)c1OCCC1OCCCO1. The average Bonchev–Trinajstić information content (AvgIpc) is 2.68. The molecule has 1 aliphatic rings. The maximum absolute atomic E-state index is 12.2. The maximum Gasteiger partial charge on any atom is 0.266 e. The molecule has 1 saturated heterocycles. The largest absolute Gasteiger partial charge is 0.493 e. The third-order valence-electron chi connectivity index (χ3n) is 4.26. The number of nitrogens with zero attached hydrogens (tertiary/aromatic N) is 1. The summed E-state index contributed by atoms with van der Waals surface area (Å²) in [6.45, 7) is 3.48. The first-order valence-corrected chi connectivity index (χ1v) is 8.81. The minimum Gasteiger partial charge on any atom is -0.493 e. The second kappa shape index (κ2) is 8.71. The van der Waals surface area contributed by atoms with Gasteiger partial charge < -0.3 is 23.9 Å². The Hall–Kier alpha value is -2.82. The molecule has 3 rings (SSSR count). The molecule has 0 atom stereocenters. The van der Waals surface area contributed by atoms with E-state index in [0.29, 0.717) is 54.6 Å². The van der Waals surface area contributed by atoms with Crippen molar-refractivity contribution in [1.29, 1.82) is 5.26 Å². The Balaban J connectivity index is 1.92. The average molecular weight is 370 g/mol. The van der Waals surface area contributed by atoms with Gasteiger partial charge in [-0.1, -0.05) is 12.1 Å². The van der Waals surface area contributed by atoms with E-state index in [4.69, 9.17) is 18.9 Å². The molecule has 0 unspecified atom stereocenters. The Morgan fingerprint density at radius 2 is 2.07 bits per heavy atom. The summed E-state index contributed by atoms with van der Waals surface area (Å²) in [6, 6.07) is 9.12. The Bertz CT molecular complexity index is 894. The minimum atomic E-state index is -0.426. The maximum atomic E-state index is 12.2. The van der Waals surface area contributed by atoms with Gasteiger partial charge in [0.1, 0.15) is 11.6 Å². The predicted octanol–water partition coefficient (Wildman–Crippen LogP) is 2.76. The molecular weight excluding hydrogens is 348 g/mol. The third-order valence-corrected chi connectivity index (χ3v) is 4.26. The zero-order chi connectivity index (χ0) is 19.2. The lowest BCUT2D eigenvalue weighted by atomic mass is 9.99. The van der Waals surface area contributed by atoms with Crippen LogP contribution in [0.1, 0.15) is 24.1 Å². The molecule has 0 bridgehead atoms. The lowest BCUT2D eigenvalue weighted by Crippen LogP contribution is -2.26. The monoisotopic (exact) mass is 370 g/mol. The highest BCUT2D eigenvalue weighted by atomic mass is 16.7. The van der Waals surface area contributed by atoms with Crippen LogP contribution in [0.5, 0.6) is 11.5 Å². The molecular formula is C20H22N2O5. The van der Waals surface area contributed by atoms with E-state index in [9.17, 15) is 10.1 Å². The fraction of sp³-hybridized carbons (Fsp3) is 0.400. The van der Waals surface area contributed by atoms with Crippen molar-refractivity contribution in [3.63, 3.8) is 0 Å². The van der Waals surface area contributed by atoms with Gasteiger partial charge >= 0.3 is 0 Å². The van der Waals surface area contributed by atoms with Crippen molar-refractivity contribution in [1.82, 2.24) is 4.98 Å². The number of benzene rings is 1. The second-order valence-electron chi connectivity index (χ2n) is 6.18. The second-order valence-corrected chi connectivity index (χ2v) is 6.18. The zero-order valence-corrected chi connectivity index (χ0v) is 15.4. The topological polar surface area (TPSA) is 93.6 Å². The van der Waals surface area contributed by atoms with Gasteiger partial charge in [-0.3, -0.25) is 4.79 Å². The van der Waals surface area contributed by atoms with Gasteiger partial charge in [0.25, 0.3) is 5.56 Å². The number of rotatable bonds is 6. The number of methoxy groups -OCH3 is 1. The number of aromatic amines is 1. The molecule has 7 heteroatoms. The summed E-state index contributed by atoms with van der Waals surface area (Å²) in [5, 5.41) is 9.44. The van der Waals surface area contributed by atoms with Crippen LogP contribution in [-0.2, 0) is 9.47 Å². The van der Waals surface area contributed by atoms with E-state index < -0.39 is 5.56 Å². The van der Waals surface area contributed by atoms with Crippen LogP contribution in [0.4, 0.5) is 0 Å². The number of ether oxygens (including phenoxy) is 4. The molecule has 1 aromatic heterocycles. The molecule has 0 saturated carbocycles. The van der Waals surface area contributed by atoms with E-state index in [-0.39, 0.29) is 11.9 Å². The number of hydrogen-bond donors (Lipinski definition) is 1. The Kier molecular flexibility index (Phi) is 6.12. The molecule has 0 amide bonds. The van der Waals surface area contributed by atoms with Crippen LogP contribution in [0.25, 0.3) is 11.1 Å². The number of nitriles is 1. The molecule has 1 fully saturated rings. The fourth-order valence-electron chi connectivity index (χ4n) is 3.01. The van der Waals surface area contributed by atoms with Crippen LogP contribution in [0.15, 0.2) is 29.1 Å². The van der Waals surface area contributed by atoms with E-state index >= 15 is 0 Å². The van der Waals surface area contributed by atoms with Crippen LogP contribution in [-0.4, -0.2) is 38.2 Å². The minimum absolute atomic E-state index is 0.0395. The number of pyridine rings is 1. The van der Waals surface area contributed by atoms with E-state index in [2.05, 4.69) is 4.98 Å². The first-order chi connectivity index (χ1) is 13.1. The smallest absolute Gasteiger partial charge is 0.266 e. The summed E-state index contributed by atoms with van der Waals surface area (Å²) in [4.78, 5) is 14.8. The van der Waals surface area contributed by atoms with Gasteiger partial charge in [0.15, 0.2) is 17.8 Å². The standard InChI is InChI=1S/C20H22N2O5/c1-13-11-15(16(12-21)20(23)22-13)14-5-3-6-17(24-2)19(14)27-10-7-18-25-8-4-9-26-18/h3,5-6,11,18H,4,7-10H2,1-2H3,(H,22,23). The van der Waals surface area contributed by atoms with Crippen molar-refractivity contribution in [2.45, 2.75) is 26.1 Å². The van der Waals surface area contributed by atoms with E-state index in [1.165, 1.54) is 0 Å². The number of H-pyrrole nitrogens is 1. The highest BCUT2D eigenvalue weighted by molar-refractivity contribution is 5.78. The number of para-hydroxylation sites is 1. The highest BCUT2D eigenvalue weighted by Crippen LogP contribution is 2.39. The van der Waals surface area contributed by atoms with Gasteiger partial charge in [0.05, 0.1) is 26.9 Å². The summed E-state index contributed by atoms with van der Waals surface area (Å²) in [5.41, 5.74) is 1.41. The highest BCUT2D eigenvalue weighted by Gasteiger charge is 2.19. The van der Waals surface area contributed by atoms with Crippen molar-refractivity contribution in [3.8, 4) is 28.7 Å². The van der Waals surface area contributed by atoms with Crippen molar-refractivity contribution >= 4 is 0 Å². The third kappa shape index (κ3) is 4.30. The van der Waals surface area contributed by atoms with Crippen molar-refractivity contribution < 1.29 is 18.9 Å². The van der Waals surface area contributed by atoms with Gasteiger partial charge in [0, 0.05) is 23.2 Å². The quantitative estimate of drug-likeness (QED) is 0.840. The number of hydrogen-bond acceptors (Lipinski definition) is 6. The van der Waals surface area contributed by atoms with Crippen LogP contribution in [0, 0.1) is 18.3 Å². The normalized spacial score (nSPS) is 14.6. The molecule has 27 heavy (non-hydrogen) atoms. The van der Waals surface area contributed by atoms with Gasteiger partial charge in [-0.25, -0.2) is 0 Å². The fourth-order valence-corrected chi connectivity index (χ4v) is 3.01. The molecule has 2 aromatic rings. The zero-order valence-electron chi connectivity index (χ0n) is 15.4. The van der Waals surface area contributed by atoms with E-state index in [0.717, 1.165) is 6.42 Å².